The molecule has 0 saturated carbocycles. The fourth-order valence-corrected chi connectivity index (χ4v) is 0.597. The van der Waals surface area contributed by atoms with Crippen LogP contribution in [0.3, 0.4) is 0 Å². The summed E-state index contributed by atoms with van der Waals surface area (Å²) < 4.78 is 4.41. The van der Waals surface area contributed by atoms with E-state index in [0.717, 1.165) is 0 Å². The van der Waals surface area contributed by atoms with Crippen molar-refractivity contribution in [3.8, 4) is 0 Å². The zero-order valence-corrected chi connectivity index (χ0v) is 7.17. The van der Waals surface area contributed by atoms with Crippen LogP contribution in [-0.2, 0) is 9.53 Å². The van der Waals surface area contributed by atoms with Gasteiger partial charge in [0, 0.05) is 0 Å². The maximum atomic E-state index is 10.8. The van der Waals surface area contributed by atoms with Crippen LogP contribution in [0.2, 0.25) is 0 Å². The van der Waals surface area contributed by atoms with Crippen molar-refractivity contribution in [1.82, 2.24) is 0 Å². The van der Waals surface area contributed by atoms with Crippen LogP contribution in [0.4, 0.5) is 0 Å². The Kier molecular flexibility index (Phi) is 5.03. The highest BCUT2D eigenvalue weighted by atomic mass is 35.5. The maximum absolute atomic E-state index is 10.8. The number of hydrogen-bond acceptors (Lipinski definition) is 5. The van der Waals surface area contributed by atoms with E-state index in [1.54, 1.807) is 6.92 Å². The van der Waals surface area contributed by atoms with E-state index in [0.29, 0.717) is 0 Å². The van der Waals surface area contributed by atoms with Crippen molar-refractivity contribution in [1.29, 1.82) is 0 Å². The molecular formula is C6H8ClNO4. The summed E-state index contributed by atoms with van der Waals surface area (Å²) in [6.45, 7) is 1.67. The second kappa shape index (κ2) is 5.54. The summed E-state index contributed by atoms with van der Waals surface area (Å²) in [6, 6.07) is 0. The molecule has 0 fully saturated rings. The highest BCUT2D eigenvalue weighted by Crippen LogP contribution is 2.06. The lowest BCUT2D eigenvalue weighted by molar-refractivity contribution is -0.138. The van der Waals surface area contributed by atoms with Gasteiger partial charge < -0.3 is 9.84 Å². The molecule has 6 heteroatoms. The number of rotatable bonds is 4. The molecular weight excluding hydrogens is 186 g/mol. The van der Waals surface area contributed by atoms with Gasteiger partial charge in [-0.3, -0.25) is 0 Å². The van der Waals surface area contributed by atoms with Gasteiger partial charge in [0.25, 0.3) is 0 Å². The fourth-order valence-electron chi connectivity index (χ4n) is 0.471. The first-order valence-electron chi connectivity index (χ1n) is 3.15. The lowest BCUT2D eigenvalue weighted by Gasteiger charge is -2.00. The van der Waals surface area contributed by atoms with Crippen LogP contribution in [0.25, 0.3) is 0 Å². The number of allylic oxidation sites excluding steroid dienone is 1. The number of ether oxygens (including phenoxy) is 1. The Balaban J connectivity index is 4.55. The first kappa shape index (κ1) is 10.9. The lowest BCUT2D eigenvalue weighted by Crippen LogP contribution is -2.08. The highest BCUT2D eigenvalue weighted by Gasteiger charge is 2.16. The van der Waals surface area contributed by atoms with Crippen molar-refractivity contribution >= 4 is 17.6 Å². The quantitative estimate of drug-likeness (QED) is 0.240. The Labute approximate surface area is 73.9 Å². The minimum atomic E-state index is -0.967. The summed E-state index contributed by atoms with van der Waals surface area (Å²) in [4.78, 5) is 20.8. The number of aliphatic hydroxyl groups is 1. The van der Waals surface area contributed by atoms with Gasteiger partial charge in [0.15, 0.2) is 0 Å². The van der Waals surface area contributed by atoms with E-state index in [4.69, 9.17) is 16.7 Å². The zero-order valence-electron chi connectivity index (χ0n) is 6.41. The minimum Gasteiger partial charge on any atom is -0.508 e. The maximum Gasteiger partial charge on any atom is 0.364 e. The molecule has 12 heavy (non-hydrogen) atoms. The van der Waals surface area contributed by atoms with Gasteiger partial charge in [0.05, 0.1) is 12.5 Å². The number of esters is 1. The first-order chi connectivity index (χ1) is 5.67. The predicted molar refractivity (Wildman–Crippen MR) is 42.8 cm³/mol. The topological polar surface area (TPSA) is 76.0 Å². The van der Waals surface area contributed by atoms with Gasteiger partial charge in [-0.1, -0.05) is 0 Å². The van der Waals surface area contributed by atoms with E-state index in [1.165, 1.54) is 0 Å². The van der Waals surface area contributed by atoms with Gasteiger partial charge in [0.2, 0.25) is 5.70 Å². The molecule has 0 aromatic heterocycles. The second-order valence-corrected chi connectivity index (χ2v) is 2.01. The molecule has 0 aliphatic heterocycles. The molecule has 1 N–H and O–H groups in total. The molecule has 0 heterocycles. The molecule has 0 aliphatic rings. The highest BCUT2D eigenvalue weighted by molar-refractivity contribution is 6.19. The minimum absolute atomic E-state index is 0.105. The average molecular weight is 194 g/mol. The number of carbonyl (C=O) groups excluding carboxylic acids is 1. The van der Waals surface area contributed by atoms with Crippen molar-refractivity contribution in [3.05, 3.63) is 16.4 Å². The van der Waals surface area contributed by atoms with Crippen LogP contribution in [0.5, 0.6) is 0 Å². The predicted octanol–water partition coefficient (Wildman–Crippen LogP) is 1.32. The number of nitrogens with zero attached hydrogens (tertiary/aromatic N) is 1. The van der Waals surface area contributed by atoms with Crippen molar-refractivity contribution in [2.24, 2.45) is 5.18 Å². The van der Waals surface area contributed by atoms with Crippen molar-refractivity contribution < 1.29 is 14.6 Å². The first-order valence-corrected chi connectivity index (χ1v) is 3.69. The number of nitroso groups, excluding NO2 is 1. The Morgan fingerprint density at radius 1 is 1.67 bits per heavy atom. The largest absolute Gasteiger partial charge is 0.508 e. The molecule has 0 aromatic rings. The molecule has 0 unspecified atom stereocenters. The van der Waals surface area contributed by atoms with E-state index < -0.39 is 17.4 Å². The van der Waals surface area contributed by atoms with E-state index in [-0.39, 0.29) is 12.5 Å². The third-order valence-corrected chi connectivity index (χ3v) is 1.21. The molecule has 0 rings (SSSR count). The second-order valence-electron chi connectivity index (χ2n) is 1.74. The number of aliphatic hydroxyl groups excluding tert-OH is 1. The monoisotopic (exact) mass is 193 g/mol. The number of hydrogen-bond donors (Lipinski definition) is 1. The van der Waals surface area contributed by atoms with E-state index in [9.17, 15) is 9.70 Å². The summed E-state index contributed by atoms with van der Waals surface area (Å²) >= 11 is 5.16. The smallest absolute Gasteiger partial charge is 0.364 e. The summed E-state index contributed by atoms with van der Waals surface area (Å²) in [6.07, 6.45) is 0. The van der Waals surface area contributed by atoms with E-state index in [2.05, 4.69) is 9.91 Å². The average Bonchev–Trinajstić information content (AvgIpc) is 2.06. The van der Waals surface area contributed by atoms with Crippen LogP contribution in [-0.4, -0.2) is 23.6 Å². The standard InChI is InChI=1S/C6H8ClNO4/c1-2-12-6(10)5(8-11)4(9)3-7/h9H,2-3H2,1H3/b5-4+. The number of carbonyl (C=O) groups is 1. The zero-order chi connectivity index (χ0) is 9.56. The molecule has 0 bridgehead atoms. The Morgan fingerprint density at radius 2 is 2.25 bits per heavy atom. The molecule has 0 amide bonds. The normalized spacial score (nSPS) is 11.8. The van der Waals surface area contributed by atoms with Gasteiger partial charge in [0.1, 0.15) is 5.76 Å². The van der Waals surface area contributed by atoms with Crippen LogP contribution < -0.4 is 0 Å². The van der Waals surface area contributed by atoms with Gasteiger partial charge in [-0.25, -0.2) is 4.79 Å². The van der Waals surface area contributed by atoms with E-state index >= 15 is 0 Å². The van der Waals surface area contributed by atoms with Gasteiger partial charge in [-0.15, -0.1) is 16.5 Å². The SMILES string of the molecule is CCOC(=O)/C(N=O)=C(\O)CCl. The van der Waals surface area contributed by atoms with E-state index in [1.807, 2.05) is 0 Å². The van der Waals surface area contributed by atoms with Gasteiger partial charge in [-0.2, -0.15) is 0 Å². The molecule has 0 saturated heterocycles. The molecule has 5 nitrogen and oxygen atoms in total. The molecule has 68 valence electrons. The van der Waals surface area contributed by atoms with Crippen LogP contribution >= 0.6 is 11.6 Å². The van der Waals surface area contributed by atoms with Crippen molar-refractivity contribution in [2.75, 3.05) is 12.5 Å². The molecule has 0 radical (unpaired) electrons. The van der Waals surface area contributed by atoms with Crippen LogP contribution in [0.15, 0.2) is 16.6 Å². The lowest BCUT2D eigenvalue weighted by atomic mass is 10.4. The van der Waals surface area contributed by atoms with Crippen LogP contribution in [0, 0.1) is 4.91 Å². The summed E-state index contributed by atoms with van der Waals surface area (Å²) in [5.41, 5.74) is -0.674. The molecule has 0 atom stereocenters. The molecule has 0 aromatic carbocycles. The third kappa shape index (κ3) is 2.87. The van der Waals surface area contributed by atoms with Crippen molar-refractivity contribution in [3.63, 3.8) is 0 Å². The number of alkyl halides is 1. The third-order valence-electron chi connectivity index (χ3n) is 0.960. The summed E-state index contributed by atoms with van der Waals surface area (Å²) in [5, 5.41) is 11.2. The Bertz CT molecular complexity index is 214. The molecule has 0 spiro atoms. The Hall–Kier alpha value is -1.10. The Morgan fingerprint density at radius 3 is 2.58 bits per heavy atom. The van der Waals surface area contributed by atoms with Gasteiger partial charge >= 0.3 is 5.97 Å². The van der Waals surface area contributed by atoms with Crippen molar-refractivity contribution in [2.45, 2.75) is 6.92 Å². The summed E-state index contributed by atoms with van der Waals surface area (Å²) in [5.74, 6) is -1.89. The molecule has 0 aliphatic carbocycles. The van der Waals surface area contributed by atoms with Gasteiger partial charge in [-0.05, 0) is 12.1 Å². The fraction of sp³-hybridized carbons (Fsp3) is 0.500. The summed E-state index contributed by atoms with van der Waals surface area (Å²) in [7, 11) is 0. The van der Waals surface area contributed by atoms with Crippen LogP contribution in [0.1, 0.15) is 6.92 Å². The number of halogens is 1.